The molecule has 0 unspecified atom stereocenters. The average Bonchev–Trinajstić information content (AvgIpc) is 2.24. The number of hydrogen-bond donors (Lipinski definition) is 0. The van der Waals surface area contributed by atoms with Crippen molar-refractivity contribution in [2.75, 3.05) is 7.11 Å². The van der Waals surface area contributed by atoms with Gasteiger partial charge in [-0.25, -0.2) is 9.18 Å². The van der Waals surface area contributed by atoms with E-state index in [1.165, 1.54) is 0 Å². The van der Waals surface area contributed by atoms with Gasteiger partial charge in [0.15, 0.2) is 0 Å². The van der Waals surface area contributed by atoms with Crippen molar-refractivity contribution in [3.8, 4) is 0 Å². The predicted octanol–water partition coefficient (Wildman–Crippen LogP) is 2.06. The molecule has 0 bridgehead atoms. The number of ether oxygens (including phenoxy) is 1. The second-order valence-corrected chi connectivity index (χ2v) is 2.94. The lowest BCUT2D eigenvalue weighted by atomic mass is 10.1. The number of esters is 1. The molecule has 1 aromatic carbocycles. The molecule has 0 amide bonds. The van der Waals surface area contributed by atoms with Gasteiger partial charge in [0.05, 0.1) is 17.6 Å². The molecule has 0 fully saturated rings. The zero-order chi connectivity index (χ0) is 13.0. The molecule has 0 aliphatic heterocycles. The van der Waals surface area contributed by atoms with E-state index in [-0.39, 0.29) is 5.56 Å². The molecule has 90 valence electrons. The van der Waals surface area contributed by atoms with Crippen molar-refractivity contribution in [1.29, 1.82) is 0 Å². The minimum absolute atomic E-state index is 0.349. The molecule has 0 aliphatic carbocycles. The van der Waals surface area contributed by atoms with E-state index in [1.807, 2.05) is 0 Å². The summed E-state index contributed by atoms with van der Waals surface area (Å²) in [6.07, 6.45) is 1.75. The smallest absolute Gasteiger partial charge is 0.330 e. The Hall–Kier alpha value is -2.31. The standard InChI is InChI=1S/C10H7F2NO4/c1-17-9(14)3-2-6-4-7(11)5-8(12)10(6)13(15)16/h2-5H,1H3. The molecule has 1 aromatic rings. The number of methoxy groups -OCH3 is 1. The van der Waals surface area contributed by atoms with Crippen LogP contribution >= 0.6 is 0 Å². The van der Waals surface area contributed by atoms with Gasteiger partial charge in [0.25, 0.3) is 0 Å². The molecule has 0 radical (unpaired) electrons. The van der Waals surface area contributed by atoms with Crippen LogP contribution in [0.25, 0.3) is 6.08 Å². The Morgan fingerprint density at radius 2 is 2.12 bits per heavy atom. The Morgan fingerprint density at radius 1 is 1.47 bits per heavy atom. The van der Waals surface area contributed by atoms with E-state index in [0.717, 1.165) is 25.3 Å². The van der Waals surface area contributed by atoms with Crippen molar-refractivity contribution in [2.24, 2.45) is 0 Å². The van der Waals surface area contributed by atoms with Crippen molar-refractivity contribution in [3.63, 3.8) is 0 Å². The fourth-order valence-electron chi connectivity index (χ4n) is 1.13. The Labute approximate surface area is 94.5 Å². The molecule has 0 aromatic heterocycles. The highest BCUT2D eigenvalue weighted by molar-refractivity contribution is 5.87. The topological polar surface area (TPSA) is 69.4 Å². The van der Waals surface area contributed by atoms with E-state index in [4.69, 9.17) is 0 Å². The second kappa shape index (κ2) is 5.15. The lowest BCUT2D eigenvalue weighted by Gasteiger charge is -1.99. The lowest BCUT2D eigenvalue weighted by Crippen LogP contribution is -1.98. The number of nitro groups is 1. The van der Waals surface area contributed by atoms with E-state index in [9.17, 15) is 23.7 Å². The summed E-state index contributed by atoms with van der Waals surface area (Å²) in [5.74, 6) is -3.07. The van der Waals surface area contributed by atoms with E-state index >= 15 is 0 Å². The molecule has 0 saturated heterocycles. The average molecular weight is 243 g/mol. The maximum absolute atomic E-state index is 13.1. The highest BCUT2D eigenvalue weighted by Gasteiger charge is 2.20. The number of nitrogens with zero attached hydrogens (tertiary/aromatic N) is 1. The Bertz CT molecular complexity index is 499. The van der Waals surface area contributed by atoms with Gasteiger partial charge in [-0.05, 0) is 12.1 Å². The van der Waals surface area contributed by atoms with Crippen LogP contribution in [-0.4, -0.2) is 18.0 Å². The fourth-order valence-corrected chi connectivity index (χ4v) is 1.13. The third-order valence-electron chi connectivity index (χ3n) is 1.84. The quantitative estimate of drug-likeness (QED) is 0.352. The van der Waals surface area contributed by atoms with Crippen LogP contribution in [0.5, 0.6) is 0 Å². The minimum atomic E-state index is -1.31. The van der Waals surface area contributed by atoms with Crippen LogP contribution in [0.15, 0.2) is 18.2 Å². The normalized spacial score (nSPS) is 10.5. The molecule has 7 heteroatoms. The van der Waals surface area contributed by atoms with Crippen LogP contribution in [0.1, 0.15) is 5.56 Å². The van der Waals surface area contributed by atoms with Crippen molar-refractivity contribution in [3.05, 3.63) is 45.5 Å². The maximum atomic E-state index is 13.1. The summed E-state index contributed by atoms with van der Waals surface area (Å²) in [5, 5.41) is 10.6. The van der Waals surface area contributed by atoms with Crippen molar-refractivity contribution in [1.82, 2.24) is 0 Å². The third-order valence-corrected chi connectivity index (χ3v) is 1.84. The molecule has 0 saturated carbocycles. The zero-order valence-electron chi connectivity index (χ0n) is 8.65. The Balaban J connectivity index is 3.26. The van der Waals surface area contributed by atoms with Gasteiger partial charge >= 0.3 is 11.7 Å². The summed E-state index contributed by atoms with van der Waals surface area (Å²) < 4.78 is 30.3. The third kappa shape index (κ3) is 3.07. The molecule has 5 nitrogen and oxygen atoms in total. The Morgan fingerprint density at radius 3 is 2.65 bits per heavy atom. The largest absolute Gasteiger partial charge is 0.466 e. The van der Waals surface area contributed by atoms with Gasteiger partial charge < -0.3 is 4.74 Å². The number of benzene rings is 1. The van der Waals surface area contributed by atoms with Crippen molar-refractivity contribution >= 4 is 17.7 Å². The molecular formula is C10H7F2NO4. The van der Waals surface area contributed by atoms with Crippen LogP contribution in [0, 0.1) is 21.7 Å². The first-order valence-corrected chi connectivity index (χ1v) is 4.35. The lowest BCUT2D eigenvalue weighted by molar-refractivity contribution is -0.387. The summed E-state index contributed by atoms with van der Waals surface area (Å²) >= 11 is 0. The molecular weight excluding hydrogens is 236 g/mol. The van der Waals surface area contributed by atoms with Crippen LogP contribution in [0.4, 0.5) is 14.5 Å². The molecule has 0 N–H and O–H groups in total. The first kappa shape index (κ1) is 12.8. The van der Waals surface area contributed by atoms with Gasteiger partial charge in [0.1, 0.15) is 5.82 Å². The van der Waals surface area contributed by atoms with E-state index in [2.05, 4.69) is 4.74 Å². The first-order valence-electron chi connectivity index (χ1n) is 4.35. The Kier molecular flexibility index (Phi) is 3.86. The van der Waals surface area contributed by atoms with Crippen molar-refractivity contribution < 1.29 is 23.2 Å². The van der Waals surface area contributed by atoms with E-state index in [1.54, 1.807) is 0 Å². The number of hydrogen-bond acceptors (Lipinski definition) is 4. The number of halogens is 2. The number of carbonyl (C=O) groups excluding carboxylic acids is 1. The maximum Gasteiger partial charge on any atom is 0.330 e. The molecule has 0 atom stereocenters. The van der Waals surface area contributed by atoms with E-state index in [0.29, 0.717) is 6.07 Å². The molecule has 0 heterocycles. The summed E-state index contributed by atoms with van der Waals surface area (Å²) in [4.78, 5) is 20.3. The molecule has 17 heavy (non-hydrogen) atoms. The molecule has 0 spiro atoms. The minimum Gasteiger partial charge on any atom is -0.466 e. The highest BCUT2D eigenvalue weighted by atomic mass is 19.1. The van der Waals surface area contributed by atoms with Crippen LogP contribution in [0.2, 0.25) is 0 Å². The zero-order valence-corrected chi connectivity index (χ0v) is 8.65. The first-order chi connectivity index (χ1) is 7.95. The van der Waals surface area contributed by atoms with Gasteiger partial charge in [0.2, 0.25) is 5.82 Å². The number of nitro benzene ring substituents is 1. The van der Waals surface area contributed by atoms with Gasteiger partial charge in [-0.3, -0.25) is 10.1 Å². The summed E-state index contributed by atoms with van der Waals surface area (Å²) in [5.41, 5.74) is -1.25. The summed E-state index contributed by atoms with van der Waals surface area (Å²) in [6, 6.07) is 1.15. The predicted molar refractivity (Wildman–Crippen MR) is 54.1 cm³/mol. The second-order valence-electron chi connectivity index (χ2n) is 2.94. The number of rotatable bonds is 3. The molecule has 0 aliphatic rings. The monoisotopic (exact) mass is 243 g/mol. The van der Waals surface area contributed by atoms with Gasteiger partial charge in [-0.15, -0.1) is 0 Å². The van der Waals surface area contributed by atoms with Crippen LogP contribution in [0.3, 0.4) is 0 Å². The summed E-state index contributed by atoms with van der Waals surface area (Å²) in [6.45, 7) is 0. The highest BCUT2D eigenvalue weighted by Crippen LogP contribution is 2.25. The van der Waals surface area contributed by atoms with Gasteiger partial charge in [0, 0.05) is 12.1 Å². The SMILES string of the molecule is COC(=O)C=Cc1cc(F)cc(F)c1[N+](=O)[O-]. The van der Waals surface area contributed by atoms with Crippen LogP contribution in [-0.2, 0) is 9.53 Å². The van der Waals surface area contributed by atoms with E-state index < -0.39 is 28.2 Å². The van der Waals surface area contributed by atoms with Gasteiger partial charge in [-0.1, -0.05) is 0 Å². The van der Waals surface area contributed by atoms with Crippen LogP contribution < -0.4 is 0 Å². The number of carbonyl (C=O) groups is 1. The fraction of sp³-hybridized carbons (Fsp3) is 0.100. The van der Waals surface area contributed by atoms with Crippen molar-refractivity contribution in [2.45, 2.75) is 0 Å². The van der Waals surface area contributed by atoms with Gasteiger partial charge in [-0.2, -0.15) is 4.39 Å². The molecule has 1 rings (SSSR count). The summed E-state index contributed by atoms with van der Waals surface area (Å²) in [7, 11) is 1.10.